The zero-order valence-corrected chi connectivity index (χ0v) is 14.3. The summed E-state index contributed by atoms with van der Waals surface area (Å²) in [5, 5.41) is 6.72. The topological polar surface area (TPSA) is 62.7 Å². The van der Waals surface area contributed by atoms with Crippen LogP contribution in [0.1, 0.15) is 11.1 Å². The number of benzene rings is 3. The highest BCUT2D eigenvalue weighted by molar-refractivity contribution is 5.91. The van der Waals surface area contributed by atoms with Gasteiger partial charge in [0, 0.05) is 5.69 Å². The van der Waals surface area contributed by atoms with Gasteiger partial charge in [0.1, 0.15) is 11.5 Å². The number of nitrogens with one attached hydrogen (secondary N) is 2. The van der Waals surface area contributed by atoms with Crippen LogP contribution in [0.4, 0.5) is 10.5 Å². The van der Waals surface area contributed by atoms with Crippen molar-refractivity contribution in [3.05, 3.63) is 90.0 Å². The summed E-state index contributed by atoms with van der Waals surface area (Å²) >= 11 is 0. The molecule has 2 N–H and O–H groups in total. The molecule has 0 unspecified atom stereocenters. The summed E-state index contributed by atoms with van der Waals surface area (Å²) in [5.74, 6) is 1.46. The van der Waals surface area contributed by atoms with E-state index in [0.29, 0.717) is 5.75 Å². The van der Waals surface area contributed by atoms with Crippen molar-refractivity contribution in [3.63, 3.8) is 0 Å². The van der Waals surface area contributed by atoms with Crippen LogP contribution in [0.3, 0.4) is 0 Å². The Morgan fingerprint density at radius 1 is 0.923 bits per heavy atom. The third kappa shape index (κ3) is 4.95. The van der Waals surface area contributed by atoms with E-state index < -0.39 is 6.03 Å². The smallest absolute Gasteiger partial charge is 0.339 e. The first-order valence-corrected chi connectivity index (χ1v) is 8.19. The fraction of sp³-hybridized carbons (Fsp3) is 0.0476. The third-order valence-electron chi connectivity index (χ3n) is 3.61. The molecule has 26 heavy (non-hydrogen) atoms. The molecule has 3 rings (SSSR count). The summed E-state index contributed by atoms with van der Waals surface area (Å²) in [6.07, 6.45) is 1.56. The molecule has 0 heterocycles. The standard InChI is InChI=1S/C21H19N3O2/c1-16-8-5-6-13-20(16)23-21(25)24-22-15-17-9-7-12-19(14-17)26-18-10-3-2-4-11-18/h2-15H,1H3,(H2,23,24,25). The Bertz CT molecular complexity index is 908. The van der Waals surface area contributed by atoms with Gasteiger partial charge in [-0.2, -0.15) is 5.10 Å². The van der Waals surface area contributed by atoms with E-state index in [1.165, 1.54) is 0 Å². The molecule has 0 saturated heterocycles. The van der Waals surface area contributed by atoms with Crippen LogP contribution in [-0.4, -0.2) is 12.2 Å². The molecule has 130 valence electrons. The number of amides is 2. The molecule has 3 aromatic carbocycles. The Balaban J connectivity index is 1.57. The summed E-state index contributed by atoms with van der Waals surface area (Å²) in [7, 11) is 0. The fourth-order valence-electron chi connectivity index (χ4n) is 2.31. The van der Waals surface area contributed by atoms with E-state index in [9.17, 15) is 4.79 Å². The number of aryl methyl sites for hydroxylation is 1. The van der Waals surface area contributed by atoms with Gasteiger partial charge in [-0.3, -0.25) is 0 Å². The van der Waals surface area contributed by atoms with Crippen molar-refractivity contribution in [2.24, 2.45) is 5.10 Å². The van der Waals surface area contributed by atoms with Crippen molar-refractivity contribution >= 4 is 17.9 Å². The maximum atomic E-state index is 11.9. The Hall–Kier alpha value is -3.60. The number of carbonyl (C=O) groups excluding carboxylic acids is 1. The Morgan fingerprint density at radius 3 is 2.46 bits per heavy atom. The molecular weight excluding hydrogens is 326 g/mol. The third-order valence-corrected chi connectivity index (χ3v) is 3.61. The summed E-state index contributed by atoms with van der Waals surface area (Å²) in [5.41, 5.74) is 5.00. The van der Waals surface area contributed by atoms with Gasteiger partial charge in [0.05, 0.1) is 6.21 Å². The van der Waals surface area contributed by atoms with Crippen LogP contribution in [-0.2, 0) is 0 Å². The number of anilines is 1. The molecule has 0 spiro atoms. The average molecular weight is 345 g/mol. The Labute approximate surface area is 152 Å². The maximum Gasteiger partial charge on any atom is 0.339 e. The summed E-state index contributed by atoms with van der Waals surface area (Å²) in [6, 6.07) is 24.1. The second-order valence-corrected chi connectivity index (χ2v) is 5.63. The van der Waals surface area contributed by atoms with E-state index >= 15 is 0 Å². The molecule has 3 aromatic rings. The second kappa shape index (κ2) is 8.48. The predicted octanol–water partition coefficient (Wildman–Crippen LogP) is 4.94. The first-order chi connectivity index (χ1) is 12.7. The first kappa shape index (κ1) is 17.2. The lowest BCUT2D eigenvalue weighted by atomic mass is 10.2. The van der Waals surface area contributed by atoms with E-state index in [-0.39, 0.29) is 0 Å². The number of ether oxygens (including phenoxy) is 1. The Morgan fingerprint density at radius 2 is 1.65 bits per heavy atom. The quantitative estimate of drug-likeness (QED) is 0.508. The molecule has 0 saturated carbocycles. The monoisotopic (exact) mass is 345 g/mol. The average Bonchev–Trinajstić information content (AvgIpc) is 2.65. The molecule has 0 aliphatic rings. The van der Waals surface area contributed by atoms with Gasteiger partial charge in [-0.1, -0.05) is 48.5 Å². The van der Waals surface area contributed by atoms with Gasteiger partial charge in [-0.05, 0) is 48.4 Å². The van der Waals surface area contributed by atoms with Crippen molar-refractivity contribution < 1.29 is 9.53 Å². The SMILES string of the molecule is Cc1ccccc1NC(=O)NN=Cc1cccc(Oc2ccccc2)c1. The fourth-order valence-corrected chi connectivity index (χ4v) is 2.31. The highest BCUT2D eigenvalue weighted by atomic mass is 16.5. The number of para-hydroxylation sites is 2. The number of nitrogens with zero attached hydrogens (tertiary/aromatic N) is 1. The summed E-state index contributed by atoms with van der Waals surface area (Å²) in [6.45, 7) is 1.93. The summed E-state index contributed by atoms with van der Waals surface area (Å²) < 4.78 is 5.78. The lowest BCUT2D eigenvalue weighted by Gasteiger charge is -2.07. The van der Waals surface area contributed by atoms with E-state index in [1.807, 2.05) is 85.8 Å². The lowest BCUT2D eigenvalue weighted by molar-refractivity contribution is 0.252. The minimum atomic E-state index is -0.396. The van der Waals surface area contributed by atoms with Crippen molar-refractivity contribution in [2.45, 2.75) is 6.92 Å². The number of hydrogen-bond acceptors (Lipinski definition) is 3. The summed E-state index contributed by atoms with van der Waals surface area (Å²) in [4.78, 5) is 11.9. The van der Waals surface area contributed by atoms with Crippen LogP contribution >= 0.6 is 0 Å². The molecule has 5 heteroatoms. The molecule has 0 bridgehead atoms. The molecule has 0 radical (unpaired) electrons. The van der Waals surface area contributed by atoms with Crippen LogP contribution in [0.25, 0.3) is 0 Å². The number of hydrazone groups is 1. The Kier molecular flexibility index (Phi) is 5.62. The van der Waals surface area contributed by atoms with E-state index in [1.54, 1.807) is 6.21 Å². The molecular formula is C21H19N3O2. The number of rotatable bonds is 5. The maximum absolute atomic E-state index is 11.9. The van der Waals surface area contributed by atoms with Gasteiger partial charge in [0.2, 0.25) is 0 Å². The first-order valence-electron chi connectivity index (χ1n) is 8.19. The molecule has 0 atom stereocenters. The van der Waals surface area contributed by atoms with Crippen LogP contribution < -0.4 is 15.5 Å². The minimum absolute atomic E-state index is 0.396. The van der Waals surface area contributed by atoms with Crippen LogP contribution in [0, 0.1) is 6.92 Å². The molecule has 2 amide bonds. The highest BCUT2D eigenvalue weighted by Crippen LogP contribution is 2.21. The normalized spacial score (nSPS) is 10.5. The van der Waals surface area contributed by atoms with Crippen molar-refractivity contribution in [1.29, 1.82) is 0 Å². The predicted molar refractivity (Wildman–Crippen MR) is 104 cm³/mol. The molecule has 0 aliphatic carbocycles. The zero-order chi connectivity index (χ0) is 18.2. The largest absolute Gasteiger partial charge is 0.457 e. The van der Waals surface area contributed by atoms with E-state index in [0.717, 1.165) is 22.6 Å². The van der Waals surface area contributed by atoms with Crippen molar-refractivity contribution in [2.75, 3.05) is 5.32 Å². The van der Waals surface area contributed by atoms with Gasteiger partial charge in [0.15, 0.2) is 0 Å². The number of hydrogen-bond donors (Lipinski definition) is 2. The van der Waals surface area contributed by atoms with Gasteiger partial charge in [-0.15, -0.1) is 0 Å². The lowest BCUT2D eigenvalue weighted by Crippen LogP contribution is -2.24. The van der Waals surface area contributed by atoms with Crippen LogP contribution in [0.5, 0.6) is 11.5 Å². The number of carbonyl (C=O) groups is 1. The van der Waals surface area contributed by atoms with Gasteiger partial charge in [0.25, 0.3) is 0 Å². The molecule has 0 aliphatic heterocycles. The minimum Gasteiger partial charge on any atom is -0.457 e. The van der Waals surface area contributed by atoms with Gasteiger partial charge < -0.3 is 10.1 Å². The molecule has 0 fully saturated rings. The molecule has 0 aromatic heterocycles. The highest BCUT2D eigenvalue weighted by Gasteiger charge is 2.02. The van der Waals surface area contributed by atoms with E-state index in [4.69, 9.17) is 4.74 Å². The second-order valence-electron chi connectivity index (χ2n) is 5.63. The van der Waals surface area contributed by atoms with Crippen molar-refractivity contribution in [1.82, 2.24) is 5.43 Å². The zero-order valence-electron chi connectivity index (χ0n) is 14.3. The van der Waals surface area contributed by atoms with E-state index in [2.05, 4.69) is 15.8 Å². The van der Waals surface area contributed by atoms with Crippen molar-refractivity contribution in [3.8, 4) is 11.5 Å². The van der Waals surface area contributed by atoms with Gasteiger partial charge in [-0.25, -0.2) is 10.2 Å². The number of urea groups is 1. The van der Waals surface area contributed by atoms with Gasteiger partial charge >= 0.3 is 6.03 Å². The molecule has 5 nitrogen and oxygen atoms in total. The van der Waals surface area contributed by atoms with Crippen LogP contribution in [0.2, 0.25) is 0 Å². The van der Waals surface area contributed by atoms with Crippen LogP contribution in [0.15, 0.2) is 84.0 Å².